The molecule has 0 saturated heterocycles. The quantitative estimate of drug-likeness (QED) is 0.399. The molecule has 1 N–H and O–H groups in total. The summed E-state index contributed by atoms with van der Waals surface area (Å²) < 4.78 is 7.84. The zero-order valence-corrected chi connectivity index (χ0v) is 18.0. The molecule has 3 aromatic carbocycles. The molecule has 0 unspecified atom stereocenters. The summed E-state index contributed by atoms with van der Waals surface area (Å²) in [6.45, 7) is 2.26. The van der Waals surface area contributed by atoms with Crippen LogP contribution < -0.4 is 0 Å². The molecule has 0 aliphatic rings. The third-order valence-corrected chi connectivity index (χ3v) is 5.85. The summed E-state index contributed by atoms with van der Waals surface area (Å²) in [5.74, 6) is 0.419. The maximum absolute atomic E-state index is 10.6. The smallest absolute Gasteiger partial charge is 0.214 e. The maximum atomic E-state index is 10.6. The number of thioether (sulfide) groups is 1. The van der Waals surface area contributed by atoms with Gasteiger partial charge in [0.05, 0.1) is 18.4 Å². The van der Waals surface area contributed by atoms with Gasteiger partial charge in [0.15, 0.2) is 0 Å². The van der Waals surface area contributed by atoms with Gasteiger partial charge in [0, 0.05) is 5.75 Å². The molecule has 0 amide bonds. The van der Waals surface area contributed by atoms with E-state index >= 15 is 0 Å². The number of benzene rings is 3. The highest BCUT2D eigenvalue weighted by atomic mass is 32.2. The van der Waals surface area contributed by atoms with Crippen molar-refractivity contribution in [3.8, 4) is 5.69 Å². The summed E-state index contributed by atoms with van der Waals surface area (Å²) in [6, 6.07) is 28.0. The Morgan fingerprint density at radius 3 is 2.26 bits per heavy atom. The van der Waals surface area contributed by atoms with Crippen LogP contribution in [-0.4, -0.2) is 43.8 Å². The van der Waals surface area contributed by atoms with E-state index in [1.165, 1.54) is 17.3 Å². The molecule has 2 atom stereocenters. The zero-order chi connectivity index (χ0) is 21.5. The minimum atomic E-state index is -0.664. The molecule has 4 rings (SSSR count). The molecule has 31 heavy (non-hydrogen) atoms. The lowest BCUT2D eigenvalue weighted by atomic mass is 10.0. The molecule has 1 aromatic heterocycles. The van der Waals surface area contributed by atoms with E-state index < -0.39 is 6.10 Å². The Morgan fingerprint density at radius 1 is 0.903 bits per heavy atom. The maximum Gasteiger partial charge on any atom is 0.214 e. The molecule has 4 aromatic rings. The van der Waals surface area contributed by atoms with Crippen LogP contribution in [0.2, 0.25) is 0 Å². The van der Waals surface area contributed by atoms with Crippen molar-refractivity contribution in [2.75, 3.05) is 12.4 Å². The first kappa shape index (κ1) is 21.2. The predicted molar refractivity (Wildman–Crippen MR) is 121 cm³/mol. The molecule has 6 nitrogen and oxygen atoms in total. The molecular weight excluding hydrogens is 408 g/mol. The van der Waals surface area contributed by atoms with Crippen LogP contribution in [0, 0.1) is 6.92 Å². The van der Waals surface area contributed by atoms with Gasteiger partial charge in [-0.1, -0.05) is 90.1 Å². The Morgan fingerprint density at radius 2 is 1.55 bits per heavy atom. The fraction of sp³-hybridized carbons (Fsp3) is 0.208. The van der Waals surface area contributed by atoms with Crippen LogP contribution in [-0.2, 0) is 4.74 Å². The van der Waals surface area contributed by atoms with Crippen molar-refractivity contribution in [3.05, 3.63) is 102 Å². The molecule has 1 heterocycles. The molecule has 0 radical (unpaired) electrons. The summed E-state index contributed by atoms with van der Waals surface area (Å²) >= 11 is 1.40. The summed E-state index contributed by atoms with van der Waals surface area (Å²) in [5, 5.41) is 23.1. The SMILES string of the molecule is Cc1ccc([C@H](OC[C@H](O)CSc2nnnn2-c2ccccc2)c2ccccc2)cc1. The van der Waals surface area contributed by atoms with Crippen molar-refractivity contribution in [2.45, 2.75) is 24.3 Å². The van der Waals surface area contributed by atoms with E-state index in [0.717, 1.165) is 16.8 Å². The Kier molecular flexibility index (Phi) is 7.09. The monoisotopic (exact) mass is 432 g/mol. The second-order valence-corrected chi connectivity index (χ2v) is 8.20. The number of ether oxygens (including phenoxy) is 1. The number of rotatable bonds is 9. The van der Waals surface area contributed by atoms with Crippen molar-refractivity contribution >= 4 is 11.8 Å². The van der Waals surface area contributed by atoms with Gasteiger partial charge in [-0.3, -0.25) is 0 Å². The fourth-order valence-corrected chi connectivity index (χ4v) is 3.98. The van der Waals surface area contributed by atoms with Crippen LogP contribution in [0.15, 0.2) is 90.1 Å². The summed E-state index contributed by atoms with van der Waals surface area (Å²) in [6.07, 6.45) is -0.904. The number of aromatic nitrogens is 4. The third kappa shape index (κ3) is 5.58. The number of hydrogen-bond acceptors (Lipinski definition) is 6. The van der Waals surface area contributed by atoms with Crippen LogP contribution in [0.5, 0.6) is 0 Å². The number of aliphatic hydroxyl groups excluding tert-OH is 1. The number of para-hydroxylation sites is 1. The molecule has 0 fully saturated rings. The number of aliphatic hydroxyl groups is 1. The van der Waals surface area contributed by atoms with Gasteiger partial charge in [0.2, 0.25) is 5.16 Å². The average Bonchev–Trinajstić information content (AvgIpc) is 3.29. The fourth-order valence-electron chi connectivity index (χ4n) is 3.18. The Bertz CT molecular complexity index is 1070. The molecule has 158 valence electrons. The predicted octanol–water partition coefficient (Wildman–Crippen LogP) is 4.23. The third-order valence-electron chi connectivity index (χ3n) is 4.78. The number of aryl methyl sites for hydroxylation is 1. The van der Waals surface area contributed by atoms with Crippen LogP contribution in [0.25, 0.3) is 5.69 Å². The van der Waals surface area contributed by atoms with Crippen molar-refractivity contribution in [3.63, 3.8) is 0 Å². The average molecular weight is 433 g/mol. The zero-order valence-electron chi connectivity index (χ0n) is 17.2. The highest BCUT2D eigenvalue weighted by molar-refractivity contribution is 7.99. The summed E-state index contributed by atoms with van der Waals surface area (Å²) in [7, 11) is 0. The van der Waals surface area contributed by atoms with Gasteiger partial charge < -0.3 is 9.84 Å². The van der Waals surface area contributed by atoms with E-state index in [9.17, 15) is 5.11 Å². The molecule has 7 heteroatoms. The number of hydrogen-bond donors (Lipinski definition) is 1. The second kappa shape index (κ2) is 10.3. The minimum absolute atomic E-state index is 0.202. The lowest BCUT2D eigenvalue weighted by Crippen LogP contribution is -2.21. The first-order valence-electron chi connectivity index (χ1n) is 10.1. The lowest BCUT2D eigenvalue weighted by Gasteiger charge is -2.21. The first-order chi connectivity index (χ1) is 15.2. The Balaban J connectivity index is 1.39. The van der Waals surface area contributed by atoms with Gasteiger partial charge in [-0.25, -0.2) is 0 Å². The lowest BCUT2D eigenvalue weighted by molar-refractivity contribution is 0.0155. The second-order valence-electron chi connectivity index (χ2n) is 7.21. The van der Waals surface area contributed by atoms with Crippen molar-refractivity contribution in [1.29, 1.82) is 0 Å². The Hall–Kier alpha value is -3.00. The standard InChI is InChI=1S/C24H24N4O2S/c1-18-12-14-20(15-13-18)23(19-8-4-2-5-9-19)30-16-22(29)17-31-24-25-26-27-28(24)21-10-6-3-7-11-21/h2-15,22-23,29H,16-17H2,1H3/t22-,23+/m0/s1. The minimum Gasteiger partial charge on any atom is -0.390 e. The molecule has 0 aliphatic carbocycles. The van der Waals surface area contributed by atoms with Crippen molar-refractivity contribution < 1.29 is 9.84 Å². The van der Waals surface area contributed by atoms with Crippen molar-refractivity contribution in [1.82, 2.24) is 20.2 Å². The summed E-state index contributed by atoms with van der Waals surface area (Å²) in [5.41, 5.74) is 4.19. The van der Waals surface area contributed by atoms with Crippen LogP contribution in [0.1, 0.15) is 22.8 Å². The normalized spacial score (nSPS) is 13.1. The van der Waals surface area contributed by atoms with Gasteiger partial charge >= 0.3 is 0 Å². The van der Waals surface area contributed by atoms with Gasteiger partial charge in [0.1, 0.15) is 6.10 Å². The topological polar surface area (TPSA) is 73.1 Å². The molecule has 0 spiro atoms. The number of tetrazole rings is 1. The van der Waals surface area contributed by atoms with Crippen LogP contribution in [0.3, 0.4) is 0 Å². The van der Waals surface area contributed by atoms with Crippen molar-refractivity contribution in [2.24, 2.45) is 0 Å². The van der Waals surface area contributed by atoms with E-state index in [-0.39, 0.29) is 12.7 Å². The molecule has 0 saturated carbocycles. The van der Waals surface area contributed by atoms with E-state index in [4.69, 9.17) is 4.74 Å². The van der Waals surface area contributed by atoms with E-state index in [0.29, 0.717) is 10.9 Å². The van der Waals surface area contributed by atoms with E-state index in [2.05, 4.69) is 46.7 Å². The van der Waals surface area contributed by atoms with Gasteiger partial charge in [-0.2, -0.15) is 4.68 Å². The Labute approximate surface area is 185 Å². The van der Waals surface area contributed by atoms with E-state index in [1.54, 1.807) is 4.68 Å². The van der Waals surface area contributed by atoms with Crippen LogP contribution in [0.4, 0.5) is 0 Å². The van der Waals surface area contributed by atoms with Crippen LogP contribution >= 0.6 is 11.8 Å². The molecule has 0 aliphatic heterocycles. The molecular formula is C24H24N4O2S. The molecule has 0 bridgehead atoms. The largest absolute Gasteiger partial charge is 0.390 e. The highest BCUT2D eigenvalue weighted by Gasteiger charge is 2.18. The van der Waals surface area contributed by atoms with E-state index in [1.807, 2.05) is 60.7 Å². The first-order valence-corrected chi connectivity index (χ1v) is 11.1. The highest BCUT2D eigenvalue weighted by Crippen LogP contribution is 2.27. The summed E-state index contributed by atoms with van der Waals surface area (Å²) in [4.78, 5) is 0. The van der Waals surface area contributed by atoms with Gasteiger partial charge in [0.25, 0.3) is 0 Å². The number of nitrogens with zero attached hydrogens (tertiary/aromatic N) is 4. The van der Waals surface area contributed by atoms with Gasteiger partial charge in [-0.05, 0) is 40.6 Å². The van der Waals surface area contributed by atoms with Gasteiger partial charge in [-0.15, -0.1) is 5.10 Å².